The molecule has 1 aromatic heterocycles. The lowest BCUT2D eigenvalue weighted by Crippen LogP contribution is -2.19. The van der Waals surface area contributed by atoms with Gasteiger partial charge in [-0.3, -0.25) is 0 Å². The molecule has 1 aliphatic carbocycles. The molecule has 3 rings (SSSR count). The van der Waals surface area contributed by atoms with Crippen LogP contribution in [0.2, 0.25) is 0 Å². The zero-order valence-electron chi connectivity index (χ0n) is 11.0. The zero-order valence-corrected chi connectivity index (χ0v) is 11.8. The molecule has 1 aliphatic rings. The highest BCUT2D eigenvalue weighted by atomic mass is 32.1. The van der Waals surface area contributed by atoms with Crippen molar-refractivity contribution in [3.63, 3.8) is 0 Å². The maximum absolute atomic E-state index is 3.65. The predicted molar refractivity (Wildman–Crippen MR) is 80.2 cm³/mol. The van der Waals surface area contributed by atoms with Crippen LogP contribution in [0.5, 0.6) is 0 Å². The average Bonchev–Trinajstić information content (AvgIpc) is 3.10. The first-order chi connectivity index (χ1) is 8.83. The second kappa shape index (κ2) is 5.41. The molecule has 1 nitrogen and oxygen atoms in total. The van der Waals surface area contributed by atoms with Gasteiger partial charge in [-0.2, -0.15) is 0 Å². The Bertz CT molecular complexity index is 480. The first kappa shape index (κ1) is 12.2. The van der Waals surface area contributed by atoms with Crippen molar-refractivity contribution in [3.05, 3.63) is 35.2 Å². The van der Waals surface area contributed by atoms with Crippen molar-refractivity contribution in [1.29, 1.82) is 0 Å². The van der Waals surface area contributed by atoms with Crippen LogP contribution < -0.4 is 5.32 Å². The Hall–Kier alpha value is -0.860. The molecule has 96 valence electrons. The second-order valence-electron chi connectivity index (χ2n) is 5.45. The van der Waals surface area contributed by atoms with E-state index in [4.69, 9.17) is 0 Å². The van der Waals surface area contributed by atoms with Crippen molar-refractivity contribution in [3.8, 4) is 0 Å². The summed E-state index contributed by atoms with van der Waals surface area (Å²) in [7, 11) is 0. The molecule has 2 aromatic rings. The van der Waals surface area contributed by atoms with Gasteiger partial charge in [-0.15, -0.1) is 11.3 Å². The Morgan fingerprint density at radius 1 is 1.33 bits per heavy atom. The Balaban J connectivity index is 1.55. The van der Waals surface area contributed by atoms with Crippen molar-refractivity contribution in [2.45, 2.75) is 38.6 Å². The van der Waals surface area contributed by atoms with Crippen molar-refractivity contribution < 1.29 is 0 Å². The smallest absolute Gasteiger partial charge is 0.0386 e. The molecule has 0 saturated heterocycles. The van der Waals surface area contributed by atoms with E-state index in [2.05, 4.69) is 42.6 Å². The topological polar surface area (TPSA) is 12.0 Å². The van der Waals surface area contributed by atoms with E-state index in [1.807, 2.05) is 11.3 Å². The molecule has 18 heavy (non-hydrogen) atoms. The van der Waals surface area contributed by atoms with Gasteiger partial charge < -0.3 is 5.32 Å². The second-order valence-corrected chi connectivity index (χ2v) is 6.56. The number of fused-ring (bicyclic) bond motifs is 1. The molecular weight excluding hydrogens is 238 g/mol. The third kappa shape index (κ3) is 2.93. The molecule has 0 aliphatic heterocycles. The summed E-state index contributed by atoms with van der Waals surface area (Å²) in [6, 6.07) is 11.5. The fourth-order valence-corrected chi connectivity index (χ4v) is 3.52. The number of thiophene rings is 1. The standard InChI is InChI=1S/C16H21NS/c1-12(17-10-4-5-13-8-9-13)16-11-14-6-2-3-7-15(14)18-16/h2-3,6-7,11-13,17H,4-5,8-10H2,1H3. The Morgan fingerprint density at radius 3 is 2.94 bits per heavy atom. The molecule has 2 heteroatoms. The lowest BCUT2D eigenvalue weighted by molar-refractivity contribution is 0.538. The molecule has 1 unspecified atom stereocenters. The van der Waals surface area contributed by atoms with Crippen molar-refractivity contribution >= 4 is 21.4 Å². The van der Waals surface area contributed by atoms with E-state index >= 15 is 0 Å². The summed E-state index contributed by atoms with van der Waals surface area (Å²) in [4.78, 5) is 1.46. The first-order valence-corrected chi connectivity index (χ1v) is 7.86. The number of hydrogen-bond acceptors (Lipinski definition) is 2. The minimum atomic E-state index is 0.488. The fourth-order valence-electron chi connectivity index (χ4n) is 2.43. The van der Waals surface area contributed by atoms with Crippen LogP contribution in [0.4, 0.5) is 0 Å². The lowest BCUT2D eigenvalue weighted by Gasteiger charge is -2.11. The number of rotatable bonds is 6. The normalized spacial score (nSPS) is 17.2. The van der Waals surface area contributed by atoms with Crippen LogP contribution in [0, 0.1) is 5.92 Å². The molecule has 0 radical (unpaired) electrons. The Kier molecular flexibility index (Phi) is 3.67. The van der Waals surface area contributed by atoms with Gasteiger partial charge in [-0.1, -0.05) is 31.0 Å². The molecule has 0 bridgehead atoms. The summed E-state index contributed by atoms with van der Waals surface area (Å²) < 4.78 is 1.40. The summed E-state index contributed by atoms with van der Waals surface area (Å²) in [5.41, 5.74) is 0. The van der Waals surface area contributed by atoms with Crippen molar-refractivity contribution in [1.82, 2.24) is 5.32 Å². The third-order valence-electron chi connectivity index (χ3n) is 3.81. The van der Waals surface area contributed by atoms with E-state index in [0.717, 1.165) is 12.5 Å². The first-order valence-electron chi connectivity index (χ1n) is 7.05. The van der Waals surface area contributed by atoms with Crippen LogP contribution >= 0.6 is 11.3 Å². The van der Waals surface area contributed by atoms with Gasteiger partial charge in [0.15, 0.2) is 0 Å². The SMILES string of the molecule is CC(NCCCC1CC1)c1cc2ccccc2s1. The van der Waals surface area contributed by atoms with Crippen molar-refractivity contribution in [2.75, 3.05) is 6.54 Å². The van der Waals surface area contributed by atoms with E-state index < -0.39 is 0 Å². The largest absolute Gasteiger partial charge is 0.309 e. The van der Waals surface area contributed by atoms with Gasteiger partial charge in [0.25, 0.3) is 0 Å². The number of benzene rings is 1. The summed E-state index contributed by atoms with van der Waals surface area (Å²) in [5.74, 6) is 1.06. The summed E-state index contributed by atoms with van der Waals surface area (Å²) in [5, 5.41) is 5.03. The van der Waals surface area contributed by atoms with Crippen LogP contribution in [0.25, 0.3) is 10.1 Å². The minimum absolute atomic E-state index is 0.488. The molecule has 0 amide bonds. The van der Waals surface area contributed by atoms with Crippen LogP contribution in [0.15, 0.2) is 30.3 Å². The molecule has 1 atom stereocenters. The quantitative estimate of drug-likeness (QED) is 0.739. The predicted octanol–water partition coefficient (Wildman–Crippen LogP) is 4.74. The Morgan fingerprint density at radius 2 is 2.17 bits per heavy atom. The highest BCUT2D eigenvalue weighted by Gasteiger charge is 2.20. The highest BCUT2D eigenvalue weighted by molar-refractivity contribution is 7.19. The van der Waals surface area contributed by atoms with E-state index in [1.165, 1.54) is 40.6 Å². The maximum Gasteiger partial charge on any atom is 0.0386 e. The lowest BCUT2D eigenvalue weighted by atomic mass is 10.2. The van der Waals surface area contributed by atoms with Gasteiger partial charge in [-0.05, 0) is 49.7 Å². The molecule has 0 spiro atoms. The molecule has 1 fully saturated rings. The third-order valence-corrected chi connectivity index (χ3v) is 5.11. The van der Waals surface area contributed by atoms with Crippen LogP contribution in [0.1, 0.15) is 43.5 Å². The van der Waals surface area contributed by atoms with Gasteiger partial charge in [0.1, 0.15) is 0 Å². The van der Waals surface area contributed by atoms with Crippen molar-refractivity contribution in [2.24, 2.45) is 5.92 Å². The number of nitrogens with one attached hydrogen (secondary N) is 1. The fraction of sp³-hybridized carbons (Fsp3) is 0.500. The van der Waals surface area contributed by atoms with Crippen LogP contribution in [0.3, 0.4) is 0 Å². The van der Waals surface area contributed by atoms with E-state index in [1.54, 1.807) is 0 Å². The minimum Gasteiger partial charge on any atom is -0.309 e. The summed E-state index contributed by atoms with van der Waals surface area (Å²) in [6.07, 6.45) is 5.71. The van der Waals surface area contributed by atoms with Gasteiger partial charge in [0.2, 0.25) is 0 Å². The number of hydrogen-bond donors (Lipinski definition) is 1. The van der Waals surface area contributed by atoms with E-state index in [-0.39, 0.29) is 0 Å². The van der Waals surface area contributed by atoms with Crippen LogP contribution in [-0.4, -0.2) is 6.54 Å². The van der Waals surface area contributed by atoms with Gasteiger partial charge in [0, 0.05) is 15.6 Å². The van der Waals surface area contributed by atoms with E-state index in [0.29, 0.717) is 6.04 Å². The monoisotopic (exact) mass is 259 g/mol. The molecular formula is C16H21NS. The van der Waals surface area contributed by atoms with E-state index in [9.17, 15) is 0 Å². The summed E-state index contributed by atoms with van der Waals surface area (Å²) in [6.45, 7) is 3.44. The average molecular weight is 259 g/mol. The molecule has 1 N–H and O–H groups in total. The van der Waals surface area contributed by atoms with Gasteiger partial charge in [-0.25, -0.2) is 0 Å². The molecule has 1 saturated carbocycles. The zero-order chi connectivity index (χ0) is 12.4. The Labute approximate surface area is 113 Å². The summed E-state index contributed by atoms with van der Waals surface area (Å²) >= 11 is 1.92. The molecule has 1 aromatic carbocycles. The van der Waals surface area contributed by atoms with Gasteiger partial charge in [0.05, 0.1) is 0 Å². The van der Waals surface area contributed by atoms with Gasteiger partial charge >= 0.3 is 0 Å². The maximum atomic E-state index is 3.65. The molecule has 1 heterocycles. The highest BCUT2D eigenvalue weighted by Crippen LogP contribution is 2.33. The van der Waals surface area contributed by atoms with Crippen LogP contribution in [-0.2, 0) is 0 Å².